The lowest BCUT2D eigenvalue weighted by Crippen LogP contribution is -2.28. The van der Waals surface area contributed by atoms with E-state index < -0.39 is 5.92 Å². The molecule has 1 atom stereocenters. The van der Waals surface area contributed by atoms with E-state index >= 15 is 0 Å². The summed E-state index contributed by atoms with van der Waals surface area (Å²) in [7, 11) is 0. The van der Waals surface area contributed by atoms with Gasteiger partial charge in [0.2, 0.25) is 11.8 Å². The fourth-order valence-corrected chi connectivity index (χ4v) is 3.30. The zero-order valence-corrected chi connectivity index (χ0v) is 14.6. The molecule has 6 heteroatoms. The van der Waals surface area contributed by atoms with Gasteiger partial charge in [-0.25, -0.2) is 4.39 Å². The molecular weight excluding hydrogens is 375 g/mol. The number of carbonyl (C=O) groups is 2. The van der Waals surface area contributed by atoms with E-state index in [2.05, 4.69) is 21.2 Å². The molecule has 0 aliphatic carbocycles. The lowest BCUT2D eigenvalue weighted by atomic mass is 10.1. The van der Waals surface area contributed by atoms with Gasteiger partial charge in [-0.2, -0.15) is 0 Å². The van der Waals surface area contributed by atoms with Gasteiger partial charge in [-0.1, -0.05) is 6.07 Å². The highest BCUT2D eigenvalue weighted by Gasteiger charge is 2.35. The number of rotatable bonds is 3. The third-order valence-corrected chi connectivity index (χ3v) is 4.67. The topological polar surface area (TPSA) is 49.4 Å². The molecule has 0 unspecified atom stereocenters. The van der Waals surface area contributed by atoms with Crippen molar-refractivity contribution < 1.29 is 14.0 Å². The maximum absolute atomic E-state index is 13.0. The SMILES string of the molecule is Cc1ccc(NC(=O)[C@H]2CC(=O)N(c3ccc(F)cc3)C2)c(Br)c1. The molecule has 0 bridgehead atoms. The van der Waals surface area contributed by atoms with Gasteiger partial charge in [0.25, 0.3) is 0 Å². The molecule has 3 rings (SSSR count). The Bertz CT molecular complexity index is 792. The van der Waals surface area contributed by atoms with Gasteiger partial charge in [-0.15, -0.1) is 0 Å². The number of halogens is 2. The predicted molar refractivity (Wildman–Crippen MR) is 94.4 cm³/mol. The van der Waals surface area contributed by atoms with Gasteiger partial charge in [-0.3, -0.25) is 9.59 Å². The second-order valence-corrected chi connectivity index (χ2v) is 6.71. The number of carbonyl (C=O) groups excluding carboxylic acids is 2. The summed E-state index contributed by atoms with van der Waals surface area (Å²) in [4.78, 5) is 26.2. The number of amides is 2. The van der Waals surface area contributed by atoms with E-state index in [1.54, 1.807) is 12.1 Å². The summed E-state index contributed by atoms with van der Waals surface area (Å²) in [6.45, 7) is 2.26. The van der Waals surface area contributed by atoms with Gasteiger partial charge < -0.3 is 10.2 Å². The molecule has 0 aromatic heterocycles. The number of benzene rings is 2. The fraction of sp³-hybridized carbons (Fsp3) is 0.222. The average Bonchev–Trinajstić information content (AvgIpc) is 2.93. The zero-order chi connectivity index (χ0) is 17.3. The number of hydrogen-bond donors (Lipinski definition) is 1. The van der Waals surface area contributed by atoms with Crippen LogP contribution in [0, 0.1) is 18.7 Å². The van der Waals surface area contributed by atoms with Gasteiger partial charge in [0, 0.05) is 23.1 Å². The lowest BCUT2D eigenvalue weighted by molar-refractivity contribution is -0.122. The Morgan fingerprint density at radius 1 is 1.25 bits per heavy atom. The van der Waals surface area contributed by atoms with Gasteiger partial charge in [-0.05, 0) is 64.8 Å². The van der Waals surface area contributed by atoms with Crippen molar-refractivity contribution in [3.05, 3.63) is 58.3 Å². The summed E-state index contributed by atoms with van der Waals surface area (Å²) in [6.07, 6.45) is 0.146. The van der Waals surface area contributed by atoms with Crippen LogP contribution in [0.25, 0.3) is 0 Å². The molecule has 1 saturated heterocycles. The first kappa shape index (κ1) is 16.6. The van der Waals surface area contributed by atoms with E-state index in [0.29, 0.717) is 17.9 Å². The van der Waals surface area contributed by atoms with Gasteiger partial charge >= 0.3 is 0 Å². The number of nitrogens with zero attached hydrogens (tertiary/aromatic N) is 1. The summed E-state index contributed by atoms with van der Waals surface area (Å²) in [5.41, 5.74) is 2.37. The smallest absolute Gasteiger partial charge is 0.229 e. The lowest BCUT2D eigenvalue weighted by Gasteiger charge is -2.17. The number of anilines is 2. The van der Waals surface area contributed by atoms with Crippen LogP contribution in [0.4, 0.5) is 15.8 Å². The quantitative estimate of drug-likeness (QED) is 0.863. The molecule has 2 aromatic carbocycles. The fourth-order valence-electron chi connectivity index (χ4n) is 2.71. The molecule has 0 spiro atoms. The molecule has 1 fully saturated rings. The van der Waals surface area contributed by atoms with Crippen LogP contribution < -0.4 is 10.2 Å². The molecule has 124 valence electrons. The van der Waals surface area contributed by atoms with E-state index in [4.69, 9.17) is 0 Å². The molecule has 0 saturated carbocycles. The van der Waals surface area contributed by atoms with E-state index in [1.807, 2.05) is 25.1 Å². The minimum Gasteiger partial charge on any atom is -0.325 e. The first-order valence-electron chi connectivity index (χ1n) is 7.57. The van der Waals surface area contributed by atoms with Crippen molar-refractivity contribution in [3.63, 3.8) is 0 Å². The highest BCUT2D eigenvalue weighted by atomic mass is 79.9. The molecule has 1 heterocycles. The molecule has 1 aliphatic rings. The molecule has 24 heavy (non-hydrogen) atoms. The summed E-state index contributed by atoms with van der Waals surface area (Å²) in [5.74, 6) is -1.12. The Morgan fingerprint density at radius 3 is 2.62 bits per heavy atom. The van der Waals surface area contributed by atoms with Crippen LogP contribution >= 0.6 is 15.9 Å². The molecule has 0 radical (unpaired) electrons. The van der Waals surface area contributed by atoms with E-state index in [1.165, 1.54) is 17.0 Å². The molecule has 4 nitrogen and oxygen atoms in total. The standard InChI is InChI=1S/C18H16BrFN2O2/c1-11-2-7-16(15(19)8-11)21-18(24)12-9-17(23)22(10-12)14-5-3-13(20)4-6-14/h2-8,12H,9-10H2,1H3,(H,21,24)/t12-/m0/s1. The second kappa shape index (κ2) is 6.73. The monoisotopic (exact) mass is 390 g/mol. The highest BCUT2D eigenvalue weighted by molar-refractivity contribution is 9.10. The van der Waals surface area contributed by atoms with Crippen LogP contribution in [0.1, 0.15) is 12.0 Å². The zero-order valence-electron chi connectivity index (χ0n) is 13.1. The van der Waals surface area contributed by atoms with Crippen LogP contribution in [0.15, 0.2) is 46.9 Å². The van der Waals surface area contributed by atoms with Crippen LogP contribution in [0.5, 0.6) is 0 Å². The first-order valence-corrected chi connectivity index (χ1v) is 8.36. The summed E-state index contributed by atoms with van der Waals surface area (Å²) in [5, 5.41) is 2.86. The Hall–Kier alpha value is -2.21. The average molecular weight is 391 g/mol. The van der Waals surface area contributed by atoms with Crippen LogP contribution in [0.3, 0.4) is 0 Å². The summed E-state index contributed by atoms with van der Waals surface area (Å²) in [6, 6.07) is 11.4. The Balaban J connectivity index is 1.70. The number of aryl methyl sites for hydroxylation is 1. The maximum Gasteiger partial charge on any atom is 0.229 e. The Kier molecular flexibility index (Phi) is 4.66. The summed E-state index contributed by atoms with van der Waals surface area (Å²) >= 11 is 3.42. The second-order valence-electron chi connectivity index (χ2n) is 5.85. The van der Waals surface area contributed by atoms with Crippen LogP contribution in [-0.2, 0) is 9.59 Å². The normalized spacial score (nSPS) is 17.2. The molecule has 2 amide bonds. The van der Waals surface area contributed by atoms with Gasteiger partial charge in [0.05, 0.1) is 11.6 Å². The maximum atomic E-state index is 13.0. The van der Waals surface area contributed by atoms with Gasteiger partial charge in [0.15, 0.2) is 0 Å². The minimum atomic E-state index is -0.434. The molecular formula is C18H16BrFN2O2. The molecule has 1 N–H and O–H groups in total. The van der Waals surface area contributed by atoms with Crippen molar-refractivity contribution >= 4 is 39.1 Å². The van der Waals surface area contributed by atoms with Crippen LogP contribution in [-0.4, -0.2) is 18.4 Å². The van der Waals surface area contributed by atoms with Crippen molar-refractivity contribution in [2.75, 3.05) is 16.8 Å². The highest BCUT2D eigenvalue weighted by Crippen LogP contribution is 2.28. The number of hydrogen-bond acceptors (Lipinski definition) is 2. The van der Waals surface area contributed by atoms with Crippen molar-refractivity contribution in [1.82, 2.24) is 0 Å². The van der Waals surface area contributed by atoms with E-state index in [0.717, 1.165) is 10.0 Å². The third kappa shape index (κ3) is 3.48. The third-order valence-electron chi connectivity index (χ3n) is 4.02. The number of nitrogens with one attached hydrogen (secondary N) is 1. The van der Waals surface area contributed by atoms with Crippen molar-refractivity contribution in [2.45, 2.75) is 13.3 Å². The van der Waals surface area contributed by atoms with E-state index in [-0.39, 0.29) is 24.1 Å². The Labute approximate surface area is 147 Å². The molecule has 1 aliphatic heterocycles. The van der Waals surface area contributed by atoms with E-state index in [9.17, 15) is 14.0 Å². The van der Waals surface area contributed by atoms with Crippen molar-refractivity contribution in [1.29, 1.82) is 0 Å². The van der Waals surface area contributed by atoms with Crippen molar-refractivity contribution in [2.24, 2.45) is 5.92 Å². The Morgan fingerprint density at radius 2 is 1.96 bits per heavy atom. The largest absolute Gasteiger partial charge is 0.325 e. The summed E-state index contributed by atoms with van der Waals surface area (Å²) < 4.78 is 13.8. The van der Waals surface area contributed by atoms with Gasteiger partial charge in [0.1, 0.15) is 5.82 Å². The van der Waals surface area contributed by atoms with Crippen LogP contribution in [0.2, 0.25) is 0 Å². The minimum absolute atomic E-state index is 0.135. The predicted octanol–water partition coefficient (Wildman–Crippen LogP) is 3.89. The first-order chi connectivity index (χ1) is 11.4. The molecule has 2 aromatic rings. The van der Waals surface area contributed by atoms with Crippen molar-refractivity contribution in [3.8, 4) is 0 Å².